The normalized spacial score (nSPS) is 13.0. The third kappa shape index (κ3) is 3.16. The molecule has 0 aliphatic heterocycles. The second-order valence-electron chi connectivity index (χ2n) is 0.957. The maximum Gasteiger partial charge on any atom is 0.320 e. The van der Waals surface area contributed by atoms with Crippen molar-refractivity contribution >= 4 is 5.97 Å². The minimum absolute atomic E-state index is 0.0834. The lowest BCUT2D eigenvalue weighted by molar-refractivity contribution is -0.141. The fourth-order valence-electron chi connectivity index (χ4n) is 0.213. The van der Waals surface area contributed by atoms with Crippen LogP contribution in [0.4, 0.5) is 0 Å². The van der Waals surface area contributed by atoms with Crippen molar-refractivity contribution in [2.24, 2.45) is 0 Å². The van der Waals surface area contributed by atoms with Crippen LogP contribution >= 0.6 is 0 Å². The van der Waals surface area contributed by atoms with Crippen molar-refractivity contribution in [3.05, 3.63) is 0 Å². The Kier molecular flexibility index (Phi) is 2.01. The van der Waals surface area contributed by atoms with Crippen molar-refractivity contribution in [3.63, 3.8) is 0 Å². The molecule has 8 heavy (non-hydrogen) atoms. The molecule has 0 aliphatic carbocycles. The van der Waals surface area contributed by atoms with E-state index in [0.717, 1.165) is 0 Å². The molecule has 3 nitrogen and oxygen atoms in total. The molecule has 0 aromatic carbocycles. The Morgan fingerprint density at radius 1 is 2.12 bits per heavy atom. The number of ether oxygens (including phenoxy) is 1. The molecule has 0 aromatic rings. The number of carbonyl (C=O) groups is 1. The molecule has 0 amide bonds. The molecular formula is C5H7NO2. The van der Waals surface area contributed by atoms with Gasteiger partial charge < -0.3 is 4.74 Å². The molecule has 0 unspecified atom stereocenters. The molecule has 0 atom stereocenters. The van der Waals surface area contributed by atoms with Gasteiger partial charge in [-0.05, 0) is 6.92 Å². The van der Waals surface area contributed by atoms with E-state index in [1.807, 2.05) is 0 Å². The summed E-state index contributed by atoms with van der Waals surface area (Å²) in [6.45, 7) is 1.63. The third-order valence-electron chi connectivity index (χ3n) is 0.433. The summed E-state index contributed by atoms with van der Waals surface area (Å²) in [5.74, 6) is -1.13. The molecule has 44 valence electrons. The van der Waals surface area contributed by atoms with Crippen molar-refractivity contribution in [2.45, 2.75) is 13.3 Å². The van der Waals surface area contributed by atoms with E-state index in [1.165, 1.54) is 6.07 Å². The number of esters is 1. The van der Waals surface area contributed by atoms with Crippen molar-refractivity contribution in [1.82, 2.24) is 0 Å². The lowest BCUT2D eigenvalue weighted by Gasteiger charge is -1.92. The fraction of sp³-hybridized carbons (Fsp3) is 0.600. The average molecular weight is 115 g/mol. The topological polar surface area (TPSA) is 50.1 Å². The average Bonchev–Trinajstić information content (AvgIpc) is 1.89. The Labute approximate surface area is 50.7 Å². The highest BCUT2D eigenvalue weighted by molar-refractivity contribution is 5.71. The van der Waals surface area contributed by atoms with E-state index in [9.17, 15) is 4.79 Å². The van der Waals surface area contributed by atoms with Crippen LogP contribution in [-0.2, 0) is 9.53 Å². The Hall–Kier alpha value is -1.04. The molecule has 0 heterocycles. The minimum atomic E-state index is -2.50. The smallest absolute Gasteiger partial charge is 0.320 e. The zero-order valence-electron chi connectivity index (χ0n) is 6.47. The standard InChI is InChI=1S/C5H7NO2/c1-2-8-5(7)3-4-6/h2-3H2,1H3/i3D2. The second kappa shape index (κ2) is 4.13. The quantitative estimate of drug-likeness (QED) is 0.491. The molecule has 0 rings (SSSR count). The highest BCUT2D eigenvalue weighted by atomic mass is 16.5. The van der Waals surface area contributed by atoms with E-state index >= 15 is 0 Å². The van der Waals surface area contributed by atoms with Crippen LogP contribution in [0.5, 0.6) is 0 Å². The molecule has 0 saturated carbocycles. The Balaban J connectivity index is 4.09. The maximum absolute atomic E-state index is 10.5. The van der Waals surface area contributed by atoms with Gasteiger partial charge in [-0.15, -0.1) is 0 Å². The van der Waals surface area contributed by atoms with E-state index in [0.29, 0.717) is 0 Å². The van der Waals surface area contributed by atoms with Gasteiger partial charge in [-0.3, -0.25) is 4.79 Å². The van der Waals surface area contributed by atoms with E-state index < -0.39 is 12.3 Å². The predicted octanol–water partition coefficient (Wildman–Crippen LogP) is 0.463. The van der Waals surface area contributed by atoms with Gasteiger partial charge in [0.1, 0.15) is 6.37 Å². The summed E-state index contributed by atoms with van der Waals surface area (Å²) in [5, 5.41) is 8.07. The van der Waals surface area contributed by atoms with Gasteiger partial charge in [0.15, 0.2) is 0 Å². The summed E-state index contributed by atoms with van der Waals surface area (Å²) in [6, 6.07) is 1.18. The first-order chi connectivity index (χ1) is 4.54. The van der Waals surface area contributed by atoms with Gasteiger partial charge in [0.05, 0.1) is 15.4 Å². The number of nitriles is 1. The van der Waals surface area contributed by atoms with Crippen LogP contribution in [0.3, 0.4) is 0 Å². The summed E-state index contributed by atoms with van der Waals surface area (Å²) in [5.41, 5.74) is 0. The highest BCUT2D eigenvalue weighted by Gasteiger charge is 1.95. The van der Waals surface area contributed by atoms with Crippen molar-refractivity contribution in [3.8, 4) is 6.07 Å². The SMILES string of the molecule is [2H]C([2H])(C#N)C(=O)OCC. The maximum atomic E-state index is 10.5. The van der Waals surface area contributed by atoms with Gasteiger partial charge in [0.2, 0.25) is 0 Å². The van der Waals surface area contributed by atoms with Crippen molar-refractivity contribution < 1.29 is 12.3 Å². The first kappa shape index (κ1) is 3.90. The largest absolute Gasteiger partial charge is 0.465 e. The van der Waals surface area contributed by atoms with Gasteiger partial charge in [-0.25, -0.2) is 0 Å². The molecule has 0 radical (unpaired) electrons. The van der Waals surface area contributed by atoms with Gasteiger partial charge in [0, 0.05) is 0 Å². The Morgan fingerprint density at radius 2 is 2.75 bits per heavy atom. The molecule has 0 N–H and O–H groups in total. The molecular weight excluding hydrogens is 106 g/mol. The summed E-state index contributed by atoms with van der Waals surface area (Å²) in [6.07, 6.45) is -2.50. The van der Waals surface area contributed by atoms with E-state index in [2.05, 4.69) is 4.74 Å². The number of hydrogen-bond acceptors (Lipinski definition) is 3. The van der Waals surface area contributed by atoms with Crippen LogP contribution < -0.4 is 0 Å². The van der Waals surface area contributed by atoms with E-state index in [-0.39, 0.29) is 6.61 Å². The molecule has 0 aliphatic rings. The summed E-state index contributed by atoms with van der Waals surface area (Å²) in [4.78, 5) is 10.5. The van der Waals surface area contributed by atoms with Crippen molar-refractivity contribution in [1.29, 1.82) is 5.26 Å². The molecule has 0 spiro atoms. The first-order valence-corrected chi connectivity index (χ1v) is 2.13. The zero-order chi connectivity index (χ0) is 8.20. The van der Waals surface area contributed by atoms with Crippen LogP contribution in [0, 0.1) is 11.3 Å². The van der Waals surface area contributed by atoms with Crippen LogP contribution in [-0.4, -0.2) is 12.6 Å². The third-order valence-corrected chi connectivity index (χ3v) is 0.433. The fourth-order valence-corrected chi connectivity index (χ4v) is 0.213. The zero-order valence-corrected chi connectivity index (χ0v) is 4.47. The van der Waals surface area contributed by atoms with Crippen LogP contribution in [0.2, 0.25) is 0 Å². The van der Waals surface area contributed by atoms with Gasteiger partial charge in [-0.1, -0.05) is 0 Å². The lowest BCUT2D eigenvalue weighted by atomic mass is 10.5. The lowest BCUT2D eigenvalue weighted by Crippen LogP contribution is -2.01. The monoisotopic (exact) mass is 115 g/mol. The van der Waals surface area contributed by atoms with Crippen LogP contribution in [0.25, 0.3) is 0 Å². The number of rotatable bonds is 2. The summed E-state index contributed by atoms with van der Waals surface area (Å²) >= 11 is 0. The summed E-state index contributed by atoms with van der Waals surface area (Å²) in [7, 11) is 0. The summed E-state index contributed by atoms with van der Waals surface area (Å²) < 4.78 is 17.7. The minimum Gasteiger partial charge on any atom is -0.465 e. The van der Waals surface area contributed by atoms with E-state index in [1.54, 1.807) is 6.92 Å². The van der Waals surface area contributed by atoms with Crippen LogP contribution in [0.15, 0.2) is 0 Å². The van der Waals surface area contributed by atoms with Gasteiger partial charge in [-0.2, -0.15) is 5.26 Å². The van der Waals surface area contributed by atoms with Gasteiger partial charge >= 0.3 is 5.97 Å². The highest BCUT2D eigenvalue weighted by Crippen LogP contribution is 1.81. The van der Waals surface area contributed by atoms with Gasteiger partial charge in [0.25, 0.3) is 0 Å². The van der Waals surface area contributed by atoms with E-state index in [4.69, 9.17) is 8.00 Å². The molecule has 0 bridgehead atoms. The molecule has 0 aromatic heterocycles. The molecule has 0 saturated heterocycles. The first-order valence-electron chi connectivity index (χ1n) is 3.13. The van der Waals surface area contributed by atoms with Crippen molar-refractivity contribution in [2.75, 3.05) is 6.61 Å². The molecule has 0 fully saturated rings. The predicted molar refractivity (Wildman–Crippen MR) is 26.9 cm³/mol. The number of carbonyl (C=O) groups excluding carboxylic acids is 1. The second-order valence-corrected chi connectivity index (χ2v) is 0.957. The Morgan fingerprint density at radius 3 is 3.12 bits per heavy atom. The Bertz CT molecular complexity index is 173. The van der Waals surface area contributed by atoms with Crippen LogP contribution in [0.1, 0.15) is 16.0 Å². The number of nitrogens with zero attached hydrogens (tertiary/aromatic N) is 1. The number of hydrogen-bond donors (Lipinski definition) is 0. The molecule has 3 heteroatoms.